The van der Waals surface area contributed by atoms with E-state index in [9.17, 15) is 0 Å². The summed E-state index contributed by atoms with van der Waals surface area (Å²) in [7, 11) is 4.35. The highest BCUT2D eigenvalue weighted by Crippen LogP contribution is 2.36. The third-order valence-corrected chi connectivity index (χ3v) is 4.90. The van der Waals surface area contributed by atoms with E-state index in [1.807, 2.05) is 18.2 Å². The van der Waals surface area contributed by atoms with Gasteiger partial charge in [-0.1, -0.05) is 11.6 Å². The Balaban J connectivity index is 1.90. The maximum atomic E-state index is 6.36. The van der Waals surface area contributed by atoms with Crippen molar-refractivity contribution in [3.8, 4) is 0 Å². The van der Waals surface area contributed by atoms with Gasteiger partial charge < -0.3 is 15.2 Å². The highest BCUT2D eigenvalue weighted by Gasteiger charge is 2.24. The number of nitrogens with two attached hydrogens (primary N) is 1. The van der Waals surface area contributed by atoms with Crippen LogP contribution in [-0.4, -0.2) is 29.6 Å². The molecule has 2 N–H and O–H groups in total. The predicted molar refractivity (Wildman–Crippen MR) is 86.3 cm³/mol. The van der Waals surface area contributed by atoms with E-state index in [4.69, 9.17) is 17.3 Å². The van der Waals surface area contributed by atoms with Gasteiger partial charge in [-0.15, -0.1) is 0 Å². The number of aromatic nitrogens is 1. The van der Waals surface area contributed by atoms with E-state index < -0.39 is 0 Å². The molecule has 0 unspecified atom stereocenters. The molecule has 4 heteroatoms. The first-order chi connectivity index (χ1) is 9.56. The second kappa shape index (κ2) is 5.30. The third kappa shape index (κ3) is 2.40. The SMILES string of the molecule is CN(C)[C@H]1CC[C@H](n2cc(Cl)c3ccc(N)cc32)CC1. The Morgan fingerprint density at radius 3 is 2.55 bits per heavy atom. The van der Waals surface area contributed by atoms with E-state index in [0.717, 1.165) is 16.1 Å². The first-order valence-electron chi connectivity index (χ1n) is 7.28. The van der Waals surface area contributed by atoms with E-state index in [0.29, 0.717) is 12.1 Å². The summed E-state index contributed by atoms with van der Waals surface area (Å²) in [6, 6.07) is 7.24. The molecular weight excluding hydrogens is 270 g/mol. The molecule has 0 bridgehead atoms. The number of fused-ring (bicyclic) bond motifs is 1. The smallest absolute Gasteiger partial charge is 0.0661 e. The number of hydrogen-bond donors (Lipinski definition) is 1. The van der Waals surface area contributed by atoms with Gasteiger partial charge >= 0.3 is 0 Å². The molecule has 2 aromatic rings. The van der Waals surface area contributed by atoms with Crippen LogP contribution in [0.4, 0.5) is 5.69 Å². The summed E-state index contributed by atoms with van der Waals surface area (Å²) in [4.78, 5) is 2.34. The molecule has 1 saturated carbocycles. The molecule has 3 rings (SSSR count). The number of nitrogen functional groups attached to an aromatic ring is 1. The first-order valence-corrected chi connectivity index (χ1v) is 7.66. The van der Waals surface area contributed by atoms with E-state index in [1.54, 1.807) is 0 Å². The number of nitrogens with zero attached hydrogens (tertiary/aromatic N) is 2. The molecular formula is C16H22ClN3. The van der Waals surface area contributed by atoms with Crippen molar-refractivity contribution in [2.24, 2.45) is 0 Å². The Bertz CT molecular complexity index is 609. The van der Waals surface area contributed by atoms with Gasteiger partial charge in [0.05, 0.1) is 10.5 Å². The Labute approximate surface area is 125 Å². The van der Waals surface area contributed by atoms with Crippen LogP contribution in [-0.2, 0) is 0 Å². The van der Waals surface area contributed by atoms with Crippen LogP contribution >= 0.6 is 11.6 Å². The number of benzene rings is 1. The van der Waals surface area contributed by atoms with Crippen LogP contribution in [0.3, 0.4) is 0 Å². The number of anilines is 1. The van der Waals surface area contributed by atoms with Crippen LogP contribution < -0.4 is 5.73 Å². The summed E-state index contributed by atoms with van der Waals surface area (Å²) in [5, 5.41) is 1.94. The van der Waals surface area contributed by atoms with Gasteiger partial charge in [-0.05, 0) is 58.0 Å². The Morgan fingerprint density at radius 2 is 1.90 bits per heavy atom. The lowest BCUT2D eigenvalue weighted by Gasteiger charge is -2.33. The van der Waals surface area contributed by atoms with Gasteiger partial charge in [0.15, 0.2) is 0 Å². The molecule has 0 aliphatic heterocycles. The van der Waals surface area contributed by atoms with Crippen molar-refractivity contribution in [3.63, 3.8) is 0 Å². The van der Waals surface area contributed by atoms with Crippen molar-refractivity contribution in [1.29, 1.82) is 0 Å². The lowest BCUT2D eigenvalue weighted by atomic mass is 9.90. The quantitative estimate of drug-likeness (QED) is 0.851. The average molecular weight is 292 g/mol. The van der Waals surface area contributed by atoms with Crippen molar-refractivity contribution in [3.05, 3.63) is 29.4 Å². The van der Waals surface area contributed by atoms with Crippen molar-refractivity contribution in [2.75, 3.05) is 19.8 Å². The fourth-order valence-electron chi connectivity index (χ4n) is 3.38. The maximum Gasteiger partial charge on any atom is 0.0661 e. The normalized spacial score (nSPS) is 23.6. The summed E-state index contributed by atoms with van der Waals surface area (Å²) in [5.41, 5.74) is 7.90. The van der Waals surface area contributed by atoms with Crippen LogP contribution in [0.15, 0.2) is 24.4 Å². The summed E-state index contributed by atoms with van der Waals surface area (Å²) in [6.07, 6.45) is 6.98. The topological polar surface area (TPSA) is 34.2 Å². The van der Waals surface area contributed by atoms with Crippen LogP contribution in [0, 0.1) is 0 Å². The zero-order valence-electron chi connectivity index (χ0n) is 12.1. The molecule has 1 aliphatic rings. The summed E-state index contributed by atoms with van der Waals surface area (Å²) >= 11 is 6.36. The molecule has 1 heterocycles. The number of rotatable bonds is 2. The fraction of sp³-hybridized carbons (Fsp3) is 0.500. The van der Waals surface area contributed by atoms with Crippen LogP contribution in [0.1, 0.15) is 31.7 Å². The molecule has 1 fully saturated rings. The minimum atomic E-state index is 0.544. The summed E-state index contributed by atoms with van der Waals surface area (Å²) in [5.74, 6) is 0. The number of hydrogen-bond acceptors (Lipinski definition) is 2. The maximum absolute atomic E-state index is 6.36. The minimum Gasteiger partial charge on any atom is -0.399 e. The van der Waals surface area contributed by atoms with Gasteiger partial charge in [-0.25, -0.2) is 0 Å². The molecule has 0 spiro atoms. The van der Waals surface area contributed by atoms with Gasteiger partial charge in [0.2, 0.25) is 0 Å². The minimum absolute atomic E-state index is 0.544. The van der Waals surface area contributed by atoms with Crippen LogP contribution in [0.2, 0.25) is 5.02 Å². The Morgan fingerprint density at radius 1 is 1.20 bits per heavy atom. The second-order valence-electron chi connectivity index (χ2n) is 6.09. The van der Waals surface area contributed by atoms with E-state index in [2.05, 4.69) is 29.8 Å². The first kappa shape index (κ1) is 13.8. The van der Waals surface area contributed by atoms with Gasteiger partial charge in [-0.3, -0.25) is 0 Å². The second-order valence-corrected chi connectivity index (χ2v) is 6.49. The molecule has 1 aliphatic carbocycles. The number of halogens is 1. The summed E-state index contributed by atoms with van der Waals surface area (Å²) in [6.45, 7) is 0. The lowest BCUT2D eigenvalue weighted by molar-refractivity contribution is 0.197. The average Bonchev–Trinajstić information content (AvgIpc) is 2.75. The van der Waals surface area contributed by atoms with Crippen molar-refractivity contribution in [1.82, 2.24) is 9.47 Å². The van der Waals surface area contributed by atoms with Crippen molar-refractivity contribution >= 4 is 28.2 Å². The highest BCUT2D eigenvalue weighted by molar-refractivity contribution is 6.35. The molecule has 0 atom stereocenters. The van der Waals surface area contributed by atoms with Crippen LogP contribution in [0.25, 0.3) is 10.9 Å². The van der Waals surface area contributed by atoms with Crippen LogP contribution in [0.5, 0.6) is 0 Å². The van der Waals surface area contributed by atoms with Gasteiger partial charge in [0.25, 0.3) is 0 Å². The molecule has 1 aromatic heterocycles. The van der Waals surface area contributed by atoms with E-state index in [1.165, 1.54) is 31.2 Å². The monoisotopic (exact) mass is 291 g/mol. The van der Waals surface area contributed by atoms with Gasteiger partial charge in [-0.2, -0.15) is 0 Å². The Hall–Kier alpha value is -1.19. The molecule has 20 heavy (non-hydrogen) atoms. The molecule has 0 saturated heterocycles. The van der Waals surface area contributed by atoms with Gasteiger partial charge in [0.1, 0.15) is 0 Å². The molecule has 3 nitrogen and oxygen atoms in total. The van der Waals surface area contributed by atoms with Crippen molar-refractivity contribution in [2.45, 2.75) is 37.8 Å². The Kier molecular flexibility index (Phi) is 3.65. The van der Waals surface area contributed by atoms with E-state index in [-0.39, 0.29) is 0 Å². The zero-order valence-corrected chi connectivity index (χ0v) is 12.9. The van der Waals surface area contributed by atoms with Gasteiger partial charge in [0, 0.05) is 29.4 Å². The zero-order chi connectivity index (χ0) is 14.3. The lowest BCUT2D eigenvalue weighted by Crippen LogP contribution is -2.32. The molecule has 108 valence electrons. The largest absolute Gasteiger partial charge is 0.399 e. The van der Waals surface area contributed by atoms with Crippen molar-refractivity contribution < 1.29 is 0 Å². The predicted octanol–water partition coefficient (Wildman–Crippen LogP) is 3.92. The summed E-state index contributed by atoms with van der Waals surface area (Å²) < 4.78 is 2.33. The van der Waals surface area contributed by atoms with E-state index >= 15 is 0 Å². The molecule has 1 aromatic carbocycles. The molecule has 0 radical (unpaired) electrons. The third-order valence-electron chi connectivity index (χ3n) is 4.60. The fourth-order valence-corrected chi connectivity index (χ4v) is 3.65. The molecule has 0 amide bonds. The highest BCUT2D eigenvalue weighted by atomic mass is 35.5. The standard InChI is InChI=1S/C16H22ClN3/c1-19(2)12-4-6-13(7-5-12)20-10-15(17)14-8-3-11(18)9-16(14)20/h3,8-10,12-13H,4-7,18H2,1-2H3/t12-,13-.